The fraction of sp³-hybridized carbons (Fsp3) is 0.462. The van der Waals surface area contributed by atoms with E-state index in [1.165, 1.54) is 16.8 Å². The molecule has 2 fully saturated rings. The van der Waals surface area contributed by atoms with Gasteiger partial charge in [0.25, 0.3) is 0 Å². The standard InChI is InChI=1S/C13H12N4O3S/c18-8(15-13-16-14-5-21-13)4-17-11(19)9-6-1-2-7(3-6)10(9)12(17)20/h1-2,5-7,9-10H,3-4H2,(H,15,16,18)/t6-,7-,9+,10+/m0/s1. The second kappa shape index (κ2) is 4.45. The van der Waals surface area contributed by atoms with Crippen LogP contribution >= 0.6 is 11.3 Å². The van der Waals surface area contributed by atoms with Crippen molar-refractivity contribution in [2.45, 2.75) is 6.42 Å². The molecule has 0 spiro atoms. The minimum Gasteiger partial charge on any atom is -0.299 e. The molecule has 3 amide bonds. The SMILES string of the molecule is O=C(CN1C(=O)[C@H]2[C@H](C1=O)[C@H]1C=C[C@H]2C1)Nc1nncs1. The molecule has 2 bridgehead atoms. The zero-order valence-electron chi connectivity index (χ0n) is 10.9. The van der Waals surface area contributed by atoms with Gasteiger partial charge in [0.05, 0.1) is 11.8 Å². The number of nitrogens with one attached hydrogen (secondary N) is 1. The van der Waals surface area contributed by atoms with Crippen LogP contribution in [0.15, 0.2) is 17.7 Å². The number of allylic oxidation sites excluding steroid dienone is 2. The highest BCUT2D eigenvalue weighted by Gasteiger charge is 2.59. The third kappa shape index (κ3) is 1.82. The van der Waals surface area contributed by atoms with Crippen LogP contribution in [-0.4, -0.2) is 39.4 Å². The average molecular weight is 304 g/mol. The molecule has 1 saturated heterocycles. The Morgan fingerprint density at radius 3 is 2.52 bits per heavy atom. The Balaban J connectivity index is 1.48. The maximum atomic E-state index is 12.4. The Morgan fingerprint density at radius 2 is 1.95 bits per heavy atom. The fourth-order valence-corrected chi connectivity index (χ4v) is 4.11. The molecule has 2 heterocycles. The first kappa shape index (κ1) is 12.6. The van der Waals surface area contributed by atoms with Gasteiger partial charge >= 0.3 is 0 Å². The molecule has 1 saturated carbocycles. The van der Waals surface area contributed by atoms with Gasteiger partial charge in [-0.1, -0.05) is 23.5 Å². The first-order valence-electron chi connectivity index (χ1n) is 6.74. The van der Waals surface area contributed by atoms with Crippen LogP contribution in [0.25, 0.3) is 0 Å². The molecule has 8 heteroatoms. The first-order valence-corrected chi connectivity index (χ1v) is 7.62. The molecular formula is C13H12N4O3S. The van der Waals surface area contributed by atoms with Crippen molar-refractivity contribution in [1.82, 2.24) is 15.1 Å². The fourth-order valence-electron chi connectivity index (χ4n) is 3.65. The van der Waals surface area contributed by atoms with Crippen molar-refractivity contribution in [3.63, 3.8) is 0 Å². The summed E-state index contributed by atoms with van der Waals surface area (Å²) in [5, 5.41) is 10.2. The number of fused-ring (bicyclic) bond motifs is 5. The normalized spacial score (nSPS) is 32.9. The highest BCUT2D eigenvalue weighted by molar-refractivity contribution is 7.13. The summed E-state index contributed by atoms with van der Waals surface area (Å²) in [6.45, 7) is -0.246. The Morgan fingerprint density at radius 1 is 1.29 bits per heavy atom. The first-order chi connectivity index (χ1) is 10.1. The summed E-state index contributed by atoms with van der Waals surface area (Å²) in [6, 6.07) is 0. The van der Waals surface area contributed by atoms with Gasteiger partial charge in [0.15, 0.2) is 0 Å². The minimum absolute atomic E-state index is 0.160. The summed E-state index contributed by atoms with van der Waals surface area (Å²) in [4.78, 5) is 37.8. The second-order valence-electron chi connectivity index (χ2n) is 5.55. The number of hydrogen-bond donors (Lipinski definition) is 1. The number of hydrogen-bond acceptors (Lipinski definition) is 6. The number of aromatic nitrogens is 2. The zero-order chi connectivity index (χ0) is 14.6. The summed E-state index contributed by atoms with van der Waals surface area (Å²) in [5.74, 6) is -1.05. The van der Waals surface area contributed by atoms with Gasteiger partial charge in [-0.15, -0.1) is 10.2 Å². The number of amides is 3. The lowest BCUT2D eigenvalue weighted by atomic mass is 9.85. The molecule has 1 N–H and O–H groups in total. The van der Waals surface area contributed by atoms with Crippen molar-refractivity contribution in [2.24, 2.45) is 23.7 Å². The second-order valence-corrected chi connectivity index (χ2v) is 6.39. The van der Waals surface area contributed by atoms with E-state index in [4.69, 9.17) is 0 Å². The molecule has 1 aliphatic heterocycles. The molecule has 21 heavy (non-hydrogen) atoms. The molecule has 4 atom stereocenters. The van der Waals surface area contributed by atoms with E-state index in [-0.39, 0.29) is 42.0 Å². The van der Waals surface area contributed by atoms with E-state index < -0.39 is 5.91 Å². The zero-order valence-corrected chi connectivity index (χ0v) is 11.7. The van der Waals surface area contributed by atoms with E-state index in [2.05, 4.69) is 15.5 Å². The topological polar surface area (TPSA) is 92.3 Å². The third-order valence-electron chi connectivity index (χ3n) is 4.47. The molecule has 1 aromatic heterocycles. The largest absolute Gasteiger partial charge is 0.299 e. The Kier molecular flexibility index (Phi) is 2.68. The van der Waals surface area contributed by atoms with Crippen LogP contribution < -0.4 is 5.32 Å². The van der Waals surface area contributed by atoms with Crippen LogP contribution in [0.5, 0.6) is 0 Å². The molecule has 4 rings (SSSR count). The van der Waals surface area contributed by atoms with Crippen molar-refractivity contribution in [3.05, 3.63) is 17.7 Å². The summed E-state index contributed by atoms with van der Waals surface area (Å²) in [5.41, 5.74) is 1.50. The van der Waals surface area contributed by atoms with Gasteiger partial charge in [-0.3, -0.25) is 24.6 Å². The molecule has 0 unspecified atom stereocenters. The molecule has 0 aromatic carbocycles. The summed E-state index contributed by atoms with van der Waals surface area (Å²) >= 11 is 1.19. The maximum absolute atomic E-state index is 12.4. The summed E-state index contributed by atoms with van der Waals surface area (Å²) in [6.07, 6.45) is 4.95. The van der Waals surface area contributed by atoms with Gasteiger partial charge in [0.1, 0.15) is 12.1 Å². The third-order valence-corrected chi connectivity index (χ3v) is 5.08. The van der Waals surface area contributed by atoms with E-state index in [0.717, 1.165) is 11.3 Å². The highest BCUT2D eigenvalue weighted by atomic mass is 32.1. The lowest BCUT2D eigenvalue weighted by Crippen LogP contribution is -2.39. The van der Waals surface area contributed by atoms with E-state index in [9.17, 15) is 14.4 Å². The van der Waals surface area contributed by atoms with E-state index in [1.807, 2.05) is 12.2 Å². The highest BCUT2D eigenvalue weighted by Crippen LogP contribution is 2.52. The van der Waals surface area contributed by atoms with Crippen molar-refractivity contribution in [1.29, 1.82) is 0 Å². The predicted molar refractivity (Wildman–Crippen MR) is 73.0 cm³/mol. The monoisotopic (exact) mass is 304 g/mol. The van der Waals surface area contributed by atoms with Crippen LogP contribution in [0.3, 0.4) is 0 Å². The predicted octanol–water partition coefficient (Wildman–Crippen LogP) is 0.284. The van der Waals surface area contributed by atoms with E-state index in [1.54, 1.807) is 0 Å². The molecule has 108 valence electrons. The summed E-state index contributed by atoms with van der Waals surface area (Å²) < 4.78 is 0. The van der Waals surface area contributed by atoms with Crippen molar-refractivity contribution < 1.29 is 14.4 Å². The molecule has 2 aliphatic carbocycles. The van der Waals surface area contributed by atoms with Gasteiger partial charge in [-0.25, -0.2) is 0 Å². The number of nitrogens with zero attached hydrogens (tertiary/aromatic N) is 3. The lowest BCUT2D eigenvalue weighted by molar-refractivity contribution is -0.143. The smallest absolute Gasteiger partial charge is 0.246 e. The quantitative estimate of drug-likeness (QED) is 0.640. The van der Waals surface area contributed by atoms with Crippen LogP contribution in [0.2, 0.25) is 0 Å². The van der Waals surface area contributed by atoms with Crippen molar-refractivity contribution >= 4 is 34.2 Å². The van der Waals surface area contributed by atoms with Crippen LogP contribution in [0, 0.1) is 23.7 Å². The number of rotatable bonds is 3. The van der Waals surface area contributed by atoms with Gasteiger partial charge in [-0.05, 0) is 18.3 Å². The Hall–Kier alpha value is -2.09. The van der Waals surface area contributed by atoms with Gasteiger partial charge in [0.2, 0.25) is 22.9 Å². The molecule has 7 nitrogen and oxygen atoms in total. The van der Waals surface area contributed by atoms with Crippen LogP contribution in [-0.2, 0) is 14.4 Å². The van der Waals surface area contributed by atoms with Crippen molar-refractivity contribution in [2.75, 3.05) is 11.9 Å². The van der Waals surface area contributed by atoms with Crippen LogP contribution in [0.4, 0.5) is 5.13 Å². The lowest BCUT2D eigenvalue weighted by Gasteiger charge is -2.16. The van der Waals surface area contributed by atoms with Crippen molar-refractivity contribution in [3.8, 4) is 0 Å². The molecule has 0 radical (unpaired) electrons. The van der Waals surface area contributed by atoms with E-state index in [0.29, 0.717) is 5.13 Å². The minimum atomic E-state index is -0.422. The van der Waals surface area contributed by atoms with Gasteiger partial charge in [-0.2, -0.15) is 0 Å². The van der Waals surface area contributed by atoms with Crippen LogP contribution in [0.1, 0.15) is 6.42 Å². The number of carbonyl (C=O) groups excluding carboxylic acids is 3. The number of imide groups is 1. The average Bonchev–Trinajstić information content (AvgIpc) is 3.20. The maximum Gasteiger partial charge on any atom is 0.246 e. The van der Waals surface area contributed by atoms with Gasteiger partial charge in [0, 0.05) is 0 Å². The number of carbonyl (C=O) groups is 3. The molecule has 3 aliphatic rings. The molecule has 1 aromatic rings. The Labute approximate surface area is 124 Å². The summed E-state index contributed by atoms with van der Waals surface area (Å²) in [7, 11) is 0. The number of anilines is 1. The molecular weight excluding hydrogens is 292 g/mol. The van der Waals surface area contributed by atoms with Gasteiger partial charge < -0.3 is 0 Å². The number of likely N-dealkylation sites (tertiary alicyclic amines) is 1. The van der Waals surface area contributed by atoms with E-state index >= 15 is 0 Å². The Bertz CT molecular complexity index is 626.